The van der Waals surface area contributed by atoms with Gasteiger partial charge in [-0.3, -0.25) is 9.78 Å². The molecule has 1 aromatic heterocycles. The topological polar surface area (TPSA) is 121 Å². The van der Waals surface area contributed by atoms with E-state index in [1.165, 1.54) is 38.5 Å². The molecule has 0 saturated carbocycles. The summed E-state index contributed by atoms with van der Waals surface area (Å²) in [4.78, 5) is 17.0. The van der Waals surface area contributed by atoms with Gasteiger partial charge in [-0.2, -0.15) is 0 Å². The quantitative estimate of drug-likeness (QED) is 0.444. The molecule has 1 amide bonds. The maximum atomic E-state index is 14.3. The number of hydrogen-bond acceptors (Lipinski definition) is 6. The lowest BCUT2D eigenvalue weighted by Gasteiger charge is -2.13. The molecule has 38 heavy (non-hydrogen) atoms. The van der Waals surface area contributed by atoms with Crippen LogP contribution in [0.3, 0.4) is 0 Å². The Morgan fingerprint density at radius 2 is 1.74 bits per heavy atom. The molecule has 1 aliphatic carbocycles. The molecule has 0 unspecified atom stereocenters. The van der Waals surface area contributed by atoms with Gasteiger partial charge in [0.2, 0.25) is 15.9 Å². The molecule has 3 N–H and O–H groups in total. The van der Waals surface area contributed by atoms with E-state index in [1.807, 2.05) is 38.1 Å². The first-order chi connectivity index (χ1) is 18.0. The summed E-state index contributed by atoms with van der Waals surface area (Å²) in [5, 5.41) is 8.25. The van der Waals surface area contributed by atoms with Gasteiger partial charge in [0, 0.05) is 5.69 Å². The first-order valence-corrected chi connectivity index (χ1v) is 13.3. The highest BCUT2D eigenvalue weighted by Crippen LogP contribution is 2.44. The van der Waals surface area contributed by atoms with E-state index >= 15 is 0 Å². The Bertz CT molecular complexity index is 1570. The number of amides is 1. The number of fused-ring (bicyclic) bond motifs is 1. The average molecular weight is 538 g/mol. The normalized spacial score (nSPS) is 14.0. The summed E-state index contributed by atoms with van der Waals surface area (Å²) in [7, 11) is -1.45. The molecular weight excluding hydrogens is 509 g/mol. The van der Waals surface area contributed by atoms with Crippen LogP contribution in [0.2, 0.25) is 0 Å². The molecule has 0 atom stereocenters. The molecule has 0 bridgehead atoms. The highest BCUT2D eigenvalue weighted by Gasteiger charge is 2.27. The van der Waals surface area contributed by atoms with E-state index < -0.39 is 15.8 Å². The number of primary sulfonamides is 1. The van der Waals surface area contributed by atoms with Crippen LogP contribution in [0, 0.1) is 12.7 Å². The number of pyridine rings is 1. The zero-order valence-corrected chi connectivity index (χ0v) is 22.3. The molecule has 0 saturated heterocycles. The summed E-state index contributed by atoms with van der Waals surface area (Å²) in [5.41, 5.74) is 5.80. The fourth-order valence-corrected chi connectivity index (χ4v) is 5.37. The van der Waals surface area contributed by atoms with E-state index in [0.29, 0.717) is 16.7 Å². The molecule has 8 nitrogen and oxygen atoms in total. The van der Waals surface area contributed by atoms with E-state index in [2.05, 4.69) is 10.3 Å². The number of halogens is 1. The molecule has 0 radical (unpaired) electrons. The number of benzene rings is 2. The van der Waals surface area contributed by atoms with E-state index in [4.69, 9.17) is 14.6 Å². The Labute approximate surface area is 221 Å². The summed E-state index contributed by atoms with van der Waals surface area (Å²) >= 11 is 0. The summed E-state index contributed by atoms with van der Waals surface area (Å²) in [6.45, 7) is 4.02. The third-order valence-corrected chi connectivity index (χ3v) is 7.25. The lowest BCUT2D eigenvalue weighted by Crippen LogP contribution is -2.23. The first-order valence-electron chi connectivity index (χ1n) is 11.7. The van der Waals surface area contributed by atoms with Crippen LogP contribution in [-0.4, -0.2) is 33.5 Å². The van der Waals surface area contributed by atoms with E-state index in [0.717, 1.165) is 28.1 Å². The Hall–Kier alpha value is -4.02. The molecule has 0 aliphatic heterocycles. The lowest BCUT2D eigenvalue weighted by molar-refractivity contribution is -0.120. The molecule has 198 valence electrons. The lowest BCUT2D eigenvalue weighted by atomic mass is 10.0. The van der Waals surface area contributed by atoms with Crippen LogP contribution >= 0.6 is 0 Å². The highest BCUT2D eigenvalue weighted by atomic mass is 32.2. The third kappa shape index (κ3) is 5.61. The SMILES string of the molecule is COc1cc(/C=C2/C(C)=C(CC(=O)NCc3cccc(C)n3)c3cc(F)ccc32)cc(OC)c1S(N)(=O)=O. The Kier molecular flexibility index (Phi) is 7.66. The molecule has 10 heteroatoms. The fourth-order valence-electron chi connectivity index (χ4n) is 4.52. The number of allylic oxidation sites excluding steroid dienone is 2. The van der Waals surface area contributed by atoms with Crippen LogP contribution in [0.4, 0.5) is 4.39 Å². The molecule has 3 aromatic rings. The summed E-state index contributed by atoms with van der Waals surface area (Å²) in [6.07, 6.45) is 1.86. The molecule has 1 aliphatic rings. The van der Waals surface area contributed by atoms with Crippen molar-refractivity contribution in [3.8, 4) is 11.5 Å². The number of rotatable bonds is 8. The standard InChI is InChI=1S/C28H28FN3O5S/c1-16-6-5-7-20(32-16)15-31-27(33)14-23-17(2)22(21-9-8-19(29)13-24(21)23)10-18-11-25(36-3)28(38(30,34)35)26(12-18)37-4/h5-13H,14-15H2,1-4H3,(H,31,33)(H2,30,34,35)/b22-10-. The van der Waals surface area contributed by atoms with Gasteiger partial charge in [-0.1, -0.05) is 12.1 Å². The van der Waals surface area contributed by atoms with E-state index in [9.17, 15) is 17.6 Å². The van der Waals surface area contributed by atoms with Gasteiger partial charge >= 0.3 is 0 Å². The van der Waals surface area contributed by atoms with Crippen molar-refractivity contribution < 1.29 is 27.1 Å². The number of ether oxygens (including phenoxy) is 2. The van der Waals surface area contributed by atoms with Crippen LogP contribution in [-0.2, 0) is 21.4 Å². The molecule has 0 fully saturated rings. The van der Waals surface area contributed by atoms with Gasteiger partial charge in [-0.05, 0) is 89.7 Å². The van der Waals surface area contributed by atoms with Gasteiger partial charge < -0.3 is 14.8 Å². The number of methoxy groups -OCH3 is 2. The van der Waals surface area contributed by atoms with Crippen molar-refractivity contribution in [1.82, 2.24) is 10.3 Å². The van der Waals surface area contributed by atoms with Gasteiger partial charge in [-0.15, -0.1) is 0 Å². The van der Waals surface area contributed by atoms with Crippen molar-refractivity contribution in [2.75, 3.05) is 14.2 Å². The van der Waals surface area contributed by atoms with E-state index in [-0.39, 0.29) is 35.3 Å². The third-order valence-electron chi connectivity index (χ3n) is 6.28. The number of aromatic nitrogens is 1. The number of aryl methyl sites for hydroxylation is 1. The Balaban J connectivity index is 1.72. The monoisotopic (exact) mass is 537 g/mol. The zero-order chi connectivity index (χ0) is 27.6. The number of nitrogens with two attached hydrogens (primary N) is 1. The maximum absolute atomic E-state index is 14.3. The average Bonchev–Trinajstić information content (AvgIpc) is 3.11. The number of nitrogens with one attached hydrogen (secondary N) is 1. The number of hydrogen-bond donors (Lipinski definition) is 2. The van der Waals surface area contributed by atoms with Gasteiger partial charge in [0.15, 0.2) is 4.90 Å². The fraction of sp³-hybridized carbons (Fsp3) is 0.214. The second-order valence-electron chi connectivity index (χ2n) is 8.87. The van der Waals surface area contributed by atoms with Gasteiger partial charge in [0.05, 0.1) is 32.9 Å². The first kappa shape index (κ1) is 27.0. The zero-order valence-electron chi connectivity index (χ0n) is 21.5. The Morgan fingerprint density at radius 1 is 1.05 bits per heavy atom. The highest BCUT2D eigenvalue weighted by molar-refractivity contribution is 7.89. The second kappa shape index (κ2) is 10.8. The van der Waals surface area contributed by atoms with Crippen LogP contribution in [0.15, 0.2) is 59.0 Å². The number of carbonyl (C=O) groups is 1. The Morgan fingerprint density at radius 3 is 2.34 bits per heavy atom. The number of sulfonamides is 1. The maximum Gasteiger partial charge on any atom is 0.245 e. The molecule has 4 rings (SSSR count). The number of nitrogens with zero attached hydrogens (tertiary/aromatic N) is 1. The molecular formula is C28H28FN3O5S. The predicted octanol–water partition coefficient (Wildman–Crippen LogP) is 4.23. The largest absolute Gasteiger partial charge is 0.495 e. The minimum Gasteiger partial charge on any atom is -0.495 e. The summed E-state index contributed by atoms with van der Waals surface area (Å²) in [5.74, 6) is -0.579. The van der Waals surface area contributed by atoms with Crippen molar-refractivity contribution in [1.29, 1.82) is 0 Å². The van der Waals surface area contributed by atoms with Gasteiger partial charge in [-0.25, -0.2) is 17.9 Å². The van der Waals surface area contributed by atoms with Crippen molar-refractivity contribution >= 4 is 33.2 Å². The van der Waals surface area contributed by atoms with Crippen molar-refractivity contribution in [3.63, 3.8) is 0 Å². The second-order valence-corrected chi connectivity index (χ2v) is 10.4. The van der Waals surface area contributed by atoms with Crippen LogP contribution in [0.5, 0.6) is 11.5 Å². The van der Waals surface area contributed by atoms with Crippen LogP contribution in [0.25, 0.3) is 17.2 Å². The number of carbonyl (C=O) groups excluding carboxylic acids is 1. The summed E-state index contributed by atoms with van der Waals surface area (Å²) in [6, 6.07) is 13.1. The van der Waals surface area contributed by atoms with Crippen LogP contribution < -0.4 is 19.9 Å². The predicted molar refractivity (Wildman–Crippen MR) is 143 cm³/mol. The van der Waals surface area contributed by atoms with Crippen molar-refractivity contribution in [3.05, 3.63) is 88.0 Å². The van der Waals surface area contributed by atoms with Crippen LogP contribution in [0.1, 0.15) is 41.4 Å². The molecule has 1 heterocycles. The van der Waals surface area contributed by atoms with Crippen molar-refractivity contribution in [2.24, 2.45) is 5.14 Å². The minimum atomic E-state index is -4.12. The molecule has 2 aromatic carbocycles. The van der Waals surface area contributed by atoms with Crippen molar-refractivity contribution in [2.45, 2.75) is 31.7 Å². The smallest absolute Gasteiger partial charge is 0.245 e. The molecule has 0 spiro atoms. The van der Waals surface area contributed by atoms with E-state index in [1.54, 1.807) is 6.07 Å². The van der Waals surface area contributed by atoms with Gasteiger partial charge in [0.1, 0.15) is 17.3 Å². The van der Waals surface area contributed by atoms with Gasteiger partial charge in [0.25, 0.3) is 0 Å². The summed E-state index contributed by atoms with van der Waals surface area (Å²) < 4.78 is 49.1. The minimum absolute atomic E-state index is 0.0296.